The van der Waals surface area contributed by atoms with Crippen molar-refractivity contribution in [2.24, 2.45) is 0 Å². The monoisotopic (exact) mass is 424 g/mol. The summed E-state index contributed by atoms with van der Waals surface area (Å²) in [6.45, 7) is 2.78. The van der Waals surface area contributed by atoms with Gasteiger partial charge in [0.15, 0.2) is 0 Å². The molecule has 1 rings (SSSR count). The van der Waals surface area contributed by atoms with E-state index in [1.54, 1.807) is 0 Å². The SMILES string of the molecule is CCCCCCCCCCOC(=O)/C=C/C(=O)OCc1ccc(Br)cc1. The number of carbonyl (C=O) groups is 2. The van der Waals surface area contributed by atoms with Crippen molar-refractivity contribution in [2.45, 2.75) is 64.9 Å². The summed E-state index contributed by atoms with van der Waals surface area (Å²) in [6.07, 6.45) is 11.8. The van der Waals surface area contributed by atoms with Crippen molar-refractivity contribution in [1.29, 1.82) is 0 Å². The van der Waals surface area contributed by atoms with E-state index in [0.717, 1.165) is 35.0 Å². The molecule has 0 bridgehead atoms. The minimum absolute atomic E-state index is 0.170. The second-order valence-corrected chi connectivity index (χ2v) is 7.13. The number of hydrogen-bond donors (Lipinski definition) is 0. The molecule has 0 amide bonds. The van der Waals surface area contributed by atoms with Crippen LogP contribution in [0.25, 0.3) is 0 Å². The third-order valence-corrected chi connectivity index (χ3v) is 4.42. The number of hydrogen-bond acceptors (Lipinski definition) is 4. The molecular formula is C21H29BrO4. The molecule has 0 heterocycles. The first-order chi connectivity index (χ1) is 12.6. The third kappa shape index (κ3) is 11.9. The molecule has 0 fully saturated rings. The highest BCUT2D eigenvalue weighted by molar-refractivity contribution is 9.10. The average Bonchev–Trinajstić information content (AvgIpc) is 2.64. The molecule has 0 aliphatic carbocycles. The van der Waals surface area contributed by atoms with E-state index >= 15 is 0 Å². The van der Waals surface area contributed by atoms with Gasteiger partial charge in [-0.2, -0.15) is 0 Å². The number of benzene rings is 1. The number of unbranched alkanes of at least 4 members (excludes halogenated alkanes) is 7. The topological polar surface area (TPSA) is 52.6 Å². The maximum absolute atomic E-state index is 11.6. The molecule has 0 aliphatic rings. The van der Waals surface area contributed by atoms with E-state index in [1.807, 2.05) is 24.3 Å². The molecule has 1 aromatic carbocycles. The summed E-state index contributed by atoms with van der Waals surface area (Å²) in [4.78, 5) is 23.1. The van der Waals surface area contributed by atoms with E-state index in [1.165, 1.54) is 38.5 Å². The minimum atomic E-state index is -0.558. The molecule has 0 unspecified atom stereocenters. The molecule has 0 aliphatic heterocycles. The van der Waals surface area contributed by atoms with Crippen molar-refractivity contribution in [3.63, 3.8) is 0 Å². The Kier molecular flexibility index (Phi) is 12.5. The maximum Gasteiger partial charge on any atom is 0.331 e. The summed E-state index contributed by atoms with van der Waals surface area (Å²) >= 11 is 3.34. The normalized spacial score (nSPS) is 10.8. The van der Waals surface area contributed by atoms with Crippen LogP contribution in [0.2, 0.25) is 0 Å². The lowest BCUT2D eigenvalue weighted by molar-refractivity contribution is -0.141. The number of esters is 2. The minimum Gasteiger partial charge on any atom is -0.463 e. The summed E-state index contributed by atoms with van der Waals surface area (Å²) in [5.41, 5.74) is 0.882. The fourth-order valence-electron chi connectivity index (χ4n) is 2.38. The van der Waals surface area contributed by atoms with Gasteiger partial charge >= 0.3 is 11.9 Å². The Morgan fingerprint density at radius 2 is 1.38 bits per heavy atom. The smallest absolute Gasteiger partial charge is 0.331 e. The van der Waals surface area contributed by atoms with Gasteiger partial charge in [0, 0.05) is 16.6 Å². The van der Waals surface area contributed by atoms with Crippen molar-refractivity contribution >= 4 is 27.9 Å². The van der Waals surface area contributed by atoms with Gasteiger partial charge in [0.2, 0.25) is 0 Å². The molecule has 0 radical (unpaired) electrons. The van der Waals surface area contributed by atoms with Crippen LogP contribution in [0.3, 0.4) is 0 Å². The maximum atomic E-state index is 11.6. The van der Waals surface area contributed by atoms with Crippen LogP contribution in [0, 0.1) is 0 Å². The van der Waals surface area contributed by atoms with Crippen molar-refractivity contribution in [3.05, 3.63) is 46.5 Å². The molecule has 0 saturated carbocycles. The van der Waals surface area contributed by atoms with Crippen LogP contribution in [-0.4, -0.2) is 18.5 Å². The predicted molar refractivity (Wildman–Crippen MR) is 107 cm³/mol. The van der Waals surface area contributed by atoms with Gasteiger partial charge in [0.1, 0.15) is 6.61 Å². The molecule has 0 atom stereocenters. The lowest BCUT2D eigenvalue weighted by atomic mass is 10.1. The van der Waals surface area contributed by atoms with E-state index < -0.39 is 11.9 Å². The molecule has 144 valence electrons. The van der Waals surface area contributed by atoms with Crippen LogP contribution in [0.15, 0.2) is 40.9 Å². The summed E-state index contributed by atoms with van der Waals surface area (Å²) in [7, 11) is 0. The largest absolute Gasteiger partial charge is 0.463 e. The molecule has 5 heteroatoms. The van der Waals surface area contributed by atoms with Crippen molar-refractivity contribution in [3.8, 4) is 0 Å². The van der Waals surface area contributed by atoms with Crippen LogP contribution in [0.1, 0.15) is 63.9 Å². The number of carbonyl (C=O) groups excluding carboxylic acids is 2. The highest BCUT2D eigenvalue weighted by Crippen LogP contribution is 2.11. The molecule has 0 spiro atoms. The van der Waals surface area contributed by atoms with Gasteiger partial charge < -0.3 is 9.47 Å². The Labute approximate surface area is 165 Å². The highest BCUT2D eigenvalue weighted by Gasteiger charge is 2.02. The Morgan fingerprint density at radius 3 is 2.00 bits per heavy atom. The van der Waals surface area contributed by atoms with E-state index in [9.17, 15) is 9.59 Å². The van der Waals surface area contributed by atoms with Crippen molar-refractivity contribution in [2.75, 3.05) is 6.61 Å². The summed E-state index contributed by atoms with van der Waals surface area (Å²) in [5.74, 6) is -1.06. The van der Waals surface area contributed by atoms with E-state index in [-0.39, 0.29) is 6.61 Å². The first-order valence-corrected chi connectivity index (χ1v) is 10.2. The molecule has 0 saturated heterocycles. The third-order valence-electron chi connectivity index (χ3n) is 3.89. The first-order valence-electron chi connectivity index (χ1n) is 9.38. The Hall–Kier alpha value is -1.62. The van der Waals surface area contributed by atoms with Gasteiger partial charge in [-0.05, 0) is 24.1 Å². The van der Waals surface area contributed by atoms with Gasteiger partial charge in [-0.15, -0.1) is 0 Å². The molecule has 4 nitrogen and oxygen atoms in total. The summed E-state index contributed by atoms with van der Waals surface area (Å²) < 4.78 is 11.1. The highest BCUT2D eigenvalue weighted by atomic mass is 79.9. The van der Waals surface area contributed by atoms with Gasteiger partial charge in [-0.3, -0.25) is 0 Å². The average molecular weight is 425 g/mol. The lowest BCUT2D eigenvalue weighted by Gasteiger charge is -2.03. The van der Waals surface area contributed by atoms with Crippen LogP contribution >= 0.6 is 15.9 Å². The van der Waals surface area contributed by atoms with Crippen LogP contribution < -0.4 is 0 Å². The first kappa shape index (κ1) is 22.4. The molecule has 26 heavy (non-hydrogen) atoms. The van der Waals surface area contributed by atoms with E-state index in [2.05, 4.69) is 22.9 Å². The van der Waals surface area contributed by atoms with E-state index in [4.69, 9.17) is 9.47 Å². The molecule has 1 aromatic rings. The van der Waals surface area contributed by atoms with Crippen molar-refractivity contribution in [1.82, 2.24) is 0 Å². The zero-order valence-corrected chi connectivity index (χ0v) is 17.1. The second kappa shape index (κ2) is 14.5. The molecular weight excluding hydrogens is 396 g/mol. The van der Waals surface area contributed by atoms with Gasteiger partial charge in [0.05, 0.1) is 6.61 Å². The number of ether oxygens (including phenoxy) is 2. The number of halogens is 1. The second-order valence-electron chi connectivity index (χ2n) is 6.21. The Balaban J connectivity index is 2.05. The number of rotatable bonds is 13. The Bertz CT molecular complexity index is 552. The van der Waals surface area contributed by atoms with Crippen LogP contribution in [0.4, 0.5) is 0 Å². The molecule has 0 N–H and O–H groups in total. The molecule has 0 aromatic heterocycles. The lowest BCUT2D eigenvalue weighted by Crippen LogP contribution is -2.05. The summed E-state index contributed by atoms with van der Waals surface area (Å²) in [6, 6.07) is 7.47. The van der Waals surface area contributed by atoms with Gasteiger partial charge in [0.25, 0.3) is 0 Å². The van der Waals surface area contributed by atoms with E-state index in [0.29, 0.717) is 6.61 Å². The zero-order chi connectivity index (χ0) is 19.0. The quantitative estimate of drug-likeness (QED) is 0.230. The fourth-order valence-corrected chi connectivity index (χ4v) is 2.64. The van der Waals surface area contributed by atoms with Crippen LogP contribution in [0.5, 0.6) is 0 Å². The van der Waals surface area contributed by atoms with Crippen molar-refractivity contribution < 1.29 is 19.1 Å². The summed E-state index contributed by atoms with van der Waals surface area (Å²) in [5, 5.41) is 0. The predicted octanol–water partition coefficient (Wildman–Crippen LogP) is 5.73. The fraction of sp³-hybridized carbons (Fsp3) is 0.524. The Morgan fingerprint density at radius 1 is 0.846 bits per heavy atom. The van der Waals surface area contributed by atoms with Gasteiger partial charge in [-0.25, -0.2) is 9.59 Å². The van der Waals surface area contributed by atoms with Crippen LogP contribution in [-0.2, 0) is 25.7 Å². The zero-order valence-electron chi connectivity index (χ0n) is 15.5. The van der Waals surface area contributed by atoms with Gasteiger partial charge in [-0.1, -0.05) is 79.9 Å². The standard InChI is InChI=1S/C21H29BrO4/c1-2-3-4-5-6-7-8-9-16-25-20(23)14-15-21(24)26-17-18-10-12-19(22)13-11-18/h10-15H,2-9,16-17H2,1H3/b15-14+.